The maximum absolute atomic E-state index is 13.1. The number of anilines is 1. The highest BCUT2D eigenvalue weighted by Crippen LogP contribution is 2.18. The van der Waals surface area contributed by atoms with Crippen LogP contribution in [-0.4, -0.2) is 47.6 Å². The normalized spacial score (nSPS) is 11.9. The van der Waals surface area contributed by atoms with E-state index in [1.165, 1.54) is 4.57 Å². The Morgan fingerprint density at radius 2 is 1.76 bits per heavy atom. The Balaban J connectivity index is 1.74. The van der Waals surface area contributed by atoms with E-state index in [0.717, 1.165) is 17.7 Å². The van der Waals surface area contributed by atoms with Crippen molar-refractivity contribution >= 4 is 23.4 Å². The van der Waals surface area contributed by atoms with Gasteiger partial charge in [0, 0.05) is 19.0 Å². The molecule has 1 atom stereocenters. The minimum Gasteiger partial charge on any atom is -0.459 e. The quantitative estimate of drug-likeness (QED) is 0.457. The number of halogens is 1. The summed E-state index contributed by atoms with van der Waals surface area (Å²) in [4.78, 5) is 31.8. The number of esters is 1. The van der Waals surface area contributed by atoms with E-state index in [9.17, 15) is 9.59 Å². The number of rotatable bonds is 10. The molecular formula is C25H29ClN4O3. The summed E-state index contributed by atoms with van der Waals surface area (Å²) in [5.74, 6) is -0.278. The summed E-state index contributed by atoms with van der Waals surface area (Å²) in [5.41, 5.74) is 2.03. The molecule has 3 aromatic rings. The van der Waals surface area contributed by atoms with Gasteiger partial charge in [-0.3, -0.25) is 14.2 Å². The number of aromatic nitrogens is 2. The van der Waals surface area contributed by atoms with Gasteiger partial charge in [0.2, 0.25) is 0 Å². The van der Waals surface area contributed by atoms with Crippen molar-refractivity contribution in [1.29, 1.82) is 0 Å². The summed E-state index contributed by atoms with van der Waals surface area (Å²) < 4.78 is 6.63. The van der Waals surface area contributed by atoms with Gasteiger partial charge in [0.1, 0.15) is 13.2 Å². The van der Waals surface area contributed by atoms with Crippen LogP contribution in [0.5, 0.6) is 0 Å². The summed E-state index contributed by atoms with van der Waals surface area (Å²) in [5, 5.41) is 3.31. The predicted molar refractivity (Wildman–Crippen MR) is 131 cm³/mol. The molecule has 1 aromatic heterocycles. The monoisotopic (exact) mass is 468 g/mol. The average molecular weight is 469 g/mol. The van der Waals surface area contributed by atoms with E-state index in [-0.39, 0.29) is 30.0 Å². The van der Waals surface area contributed by atoms with Crippen molar-refractivity contribution in [2.45, 2.75) is 26.0 Å². The van der Waals surface area contributed by atoms with E-state index >= 15 is 0 Å². The molecule has 8 heteroatoms. The van der Waals surface area contributed by atoms with Gasteiger partial charge in [-0.25, -0.2) is 4.98 Å². The molecule has 0 aliphatic carbocycles. The molecule has 2 aromatic carbocycles. The van der Waals surface area contributed by atoms with E-state index in [2.05, 4.69) is 27.3 Å². The number of ether oxygens (including phenoxy) is 1. The second-order valence-electron chi connectivity index (χ2n) is 8.12. The summed E-state index contributed by atoms with van der Waals surface area (Å²) in [6, 6.07) is 19.5. The van der Waals surface area contributed by atoms with Gasteiger partial charge in [-0.05, 0) is 32.1 Å². The van der Waals surface area contributed by atoms with Crippen LogP contribution in [-0.2, 0) is 22.7 Å². The lowest BCUT2D eigenvalue weighted by Gasteiger charge is -2.22. The van der Waals surface area contributed by atoms with E-state index in [0.29, 0.717) is 12.2 Å². The number of likely N-dealkylation sites (N-methyl/N-ethyl adjacent to an activating group) is 1. The average Bonchev–Trinajstić information content (AvgIpc) is 2.82. The van der Waals surface area contributed by atoms with Gasteiger partial charge in [-0.2, -0.15) is 0 Å². The van der Waals surface area contributed by atoms with Crippen molar-refractivity contribution in [3.63, 3.8) is 0 Å². The maximum atomic E-state index is 13.1. The topological polar surface area (TPSA) is 76.5 Å². The van der Waals surface area contributed by atoms with Crippen molar-refractivity contribution in [2.75, 3.05) is 32.5 Å². The van der Waals surface area contributed by atoms with Crippen molar-refractivity contribution < 1.29 is 9.53 Å². The van der Waals surface area contributed by atoms with Crippen molar-refractivity contribution in [1.82, 2.24) is 14.5 Å². The van der Waals surface area contributed by atoms with Crippen LogP contribution in [0.15, 0.2) is 65.5 Å². The lowest BCUT2D eigenvalue weighted by Crippen LogP contribution is -2.32. The predicted octanol–water partition coefficient (Wildman–Crippen LogP) is 3.71. The van der Waals surface area contributed by atoms with Crippen LogP contribution in [0, 0.1) is 6.92 Å². The lowest BCUT2D eigenvalue weighted by atomic mass is 9.98. The minimum absolute atomic E-state index is 0.112. The van der Waals surface area contributed by atoms with Crippen LogP contribution in [0.1, 0.15) is 22.7 Å². The fourth-order valence-electron chi connectivity index (χ4n) is 3.51. The Morgan fingerprint density at radius 3 is 2.39 bits per heavy atom. The van der Waals surface area contributed by atoms with Gasteiger partial charge in [0.15, 0.2) is 11.0 Å². The molecule has 0 aliphatic heterocycles. The molecule has 1 heterocycles. The number of nitrogens with one attached hydrogen (secondary N) is 1. The second-order valence-corrected chi connectivity index (χ2v) is 8.48. The third-order valence-electron chi connectivity index (χ3n) is 5.26. The Morgan fingerprint density at radius 1 is 1.12 bits per heavy atom. The number of carbonyl (C=O) groups excluding carboxylic acids is 1. The zero-order chi connectivity index (χ0) is 23.8. The zero-order valence-corrected chi connectivity index (χ0v) is 19.9. The summed E-state index contributed by atoms with van der Waals surface area (Å²) in [6.45, 7) is 2.83. The van der Waals surface area contributed by atoms with Crippen molar-refractivity contribution in [3.05, 3.63) is 93.0 Å². The summed E-state index contributed by atoms with van der Waals surface area (Å²) in [6.07, 6.45) is 0. The molecule has 1 unspecified atom stereocenters. The van der Waals surface area contributed by atoms with Gasteiger partial charge in [0.05, 0.1) is 5.69 Å². The Labute approximate surface area is 199 Å². The molecule has 1 N–H and O–H groups in total. The van der Waals surface area contributed by atoms with E-state index in [4.69, 9.17) is 16.3 Å². The number of carbonyl (C=O) groups is 1. The third-order valence-corrected chi connectivity index (χ3v) is 5.62. The molecule has 0 spiro atoms. The molecule has 7 nitrogen and oxygen atoms in total. The Bertz CT molecular complexity index is 1120. The van der Waals surface area contributed by atoms with Gasteiger partial charge in [0.25, 0.3) is 5.56 Å². The van der Waals surface area contributed by atoms with Crippen LogP contribution in [0.25, 0.3) is 0 Å². The largest absolute Gasteiger partial charge is 0.459 e. The molecule has 0 amide bonds. The van der Waals surface area contributed by atoms with Gasteiger partial charge < -0.3 is 15.0 Å². The van der Waals surface area contributed by atoms with Crippen molar-refractivity contribution in [2.24, 2.45) is 0 Å². The SMILES string of the molecule is Cc1c(Cl)nc(NCC(CN(C)C)c2ccccc2)c(=O)n1CC(=O)OCc1ccccc1. The first-order valence-electron chi connectivity index (χ1n) is 10.7. The Kier molecular flexibility index (Phi) is 8.63. The van der Waals surface area contributed by atoms with Crippen molar-refractivity contribution in [3.8, 4) is 0 Å². The number of hydrogen-bond acceptors (Lipinski definition) is 6. The highest BCUT2D eigenvalue weighted by Gasteiger charge is 2.18. The molecule has 0 saturated heterocycles. The summed E-state index contributed by atoms with van der Waals surface area (Å²) >= 11 is 6.29. The van der Waals surface area contributed by atoms with Crippen LogP contribution < -0.4 is 10.9 Å². The van der Waals surface area contributed by atoms with Crippen LogP contribution in [0.2, 0.25) is 5.15 Å². The Hall–Kier alpha value is -3.16. The highest BCUT2D eigenvalue weighted by atomic mass is 35.5. The van der Waals surface area contributed by atoms with E-state index < -0.39 is 11.5 Å². The van der Waals surface area contributed by atoms with E-state index in [1.807, 2.05) is 62.6 Å². The molecule has 0 radical (unpaired) electrons. The second kappa shape index (κ2) is 11.6. The van der Waals surface area contributed by atoms with Crippen LogP contribution in [0.3, 0.4) is 0 Å². The molecular weight excluding hydrogens is 440 g/mol. The number of nitrogens with zero attached hydrogens (tertiary/aromatic N) is 3. The smallest absolute Gasteiger partial charge is 0.326 e. The van der Waals surface area contributed by atoms with E-state index in [1.54, 1.807) is 6.92 Å². The molecule has 0 aliphatic rings. The van der Waals surface area contributed by atoms with Gasteiger partial charge in [-0.15, -0.1) is 0 Å². The first-order chi connectivity index (χ1) is 15.8. The van der Waals surface area contributed by atoms with Gasteiger partial charge >= 0.3 is 5.97 Å². The fourth-order valence-corrected chi connectivity index (χ4v) is 3.70. The van der Waals surface area contributed by atoms with Gasteiger partial charge in [-0.1, -0.05) is 72.3 Å². The molecule has 0 fully saturated rings. The molecule has 33 heavy (non-hydrogen) atoms. The molecule has 0 bridgehead atoms. The zero-order valence-electron chi connectivity index (χ0n) is 19.1. The number of benzene rings is 2. The standard InChI is InChI=1S/C25H29ClN4O3/c1-18-23(26)28-24(27-14-21(15-29(2)3)20-12-8-5-9-13-20)25(32)30(18)16-22(31)33-17-19-10-6-4-7-11-19/h4-13,21H,14-17H2,1-3H3,(H,27,28). The highest BCUT2D eigenvalue weighted by molar-refractivity contribution is 6.30. The van der Waals surface area contributed by atoms with Crippen LogP contribution in [0.4, 0.5) is 5.82 Å². The molecule has 3 rings (SSSR count). The fraction of sp³-hybridized carbons (Fsp3) is 0.320. The van der Waals surface area contributed by atoms with Crippen LogP contribution >= 0.6 is 11.6 Å². The molecule has 0 saturated carbocycles. The maximum Gasteiger partial charge on any atom is 0.326 e. The third kappa shape index (κ3) is 6.91. The molecule has 174 valence electrons. The lowest BCUT2D eigenvalue weighted by molar-refractivity contribution is -0.145. The summed E-state index contributed by atoms with van der Waals surface area (Å²) in [7, 11) is 4.01. The number of hydrogen-bond donors (Lipinski definition) is 1. The minimum atomic E-state index is -0.521. The first-order valence-corrected chi connectivity index (χ1v) is 11.1. The first kappa shape index (κ1) is 24.5.